The first-order valence-electron chi connectivity index (χ1n) is 3.13. The van der Waals surface area contributed by atoms with E-state index in [1.807, 2.05) is 6.92 Å². The van der Waals surface area contributed by atoms with E-state index in [1.54, 1.807) is 18.5 Å². The Morgan fingerprint density at radius 1 is 1.64 bits per heavy atom. The molecule has 1 aromatic heterocycles. The number of hydrogen-bond donors (Lipinski definition) is 2. The van der Waals surface area contributed by atoms with Crippen molar-refractivity contribution in [2.75, 3.05) is 0 Å². The maximum Gasteiger partial charge on any atom is 0.171 e. The molecule has 0 spiro atoms. The SMILES string of the molecule is Cc1cncc(C(N)=NO)c1. The maximum atomic E-state index is 8.31. The molecule has 58 valence electrons. The van der Waals surface area contributed by atoms with Crippen LogP contribution in [0.5, 0.6) is 0 Å². The normalized spacial score (nSPS) is 11.5. The second-order valence-corrected chi connectivity index (χ2v) is 2.24. The minimum atomic E-state index is 0.0844. The molecule has 3 N–H and O–H groups in total. The molecule has 1 heterocycles. The Morgan fingerprint density at radius 3 is 2.91 bits per heavy atom. The van der Waals surface area contributed by atoms with Gasteiger partial charge in [0.25, 0.3) is 0 Å². The summed E-state index contributed by atoms with van der Waals surface area (Å²) in [6, 6.07) is 1.79. The van der Waals surface area contributed by atoms with Gasteiger partial charge in [-0.1, -0.05) is 5.16 Å². The molecule has 11 heavy (non-hydrogen) atoms. The van der Waals surface area contributed by atoms with Crippen LogP contribution in [-0.2, 0) is 0 Å². The summed E-state index contributed by atoms with van der Waals surface area (Å²) >= 11 is 0. The van der Waals surface area contributed by atoms with Gasteiger partial charge < -0.3 is 10.9 Å². The molecule has 0 bridgehead atoms. The van der Waals surface area contributed by atoms with Crippen molar-refractivity contribution in [1.82, 2.24) is 4.98 Å². The lowest BCUT2D eigenvalue weighted by atomic mass is 10.2. The predicted molar refractivity (Wildman–Crippen MR) is 41.5 cm³/mol. The monoisotopic (exact) mass is 151 g/mol. The molecule has 1 aromatic rings. The number of nitrogens with zero attached hydrogens (tertiary/aromatic N) is 2. The molecule has 0 unspecified atom stereocenters. The van der Waals surface area contributed by atoms with Crippen LogP contribution in [0, 0.1) is 6.92 Å². The van der Waals surface area contributed by atoms with Gasteiger partial charge >= 0.3 is 0 Å². The third kappa shape index (κ3) is 1.67. The highest BCUT2D eigenvalue weighted by atomic mass is 16.4. The zero-order chi connectivity index (χ0) is 8.27. The molecular formula is C7H9N3O. The molecule has 1 rings (SSSR count). The van der Waals surface area contributed by atoms with Crippen LogP contribution in [0.4, 0.5) is 0 Å². The van der Waals surface area contributed by atoms with Crippen LogP contribution in [0.25, 0.3) is 0 Å². The summed E-state index contributed by atoms with van der Waals surface area (Å²) in [6.45, 7) is 1.89. The number of pyridine rings is 1. The number of hydrogen-bond acceptors (Lipinski definition) is 3. The number of aromatic nitrogens is 1. The van der Waals surface area contributed by atoms with E-state index in [0.29, 0.717) is 5.56 Å². The average molecular weight is 151 g/mol. The molecular weight excluding hydrogens is 142 g/mol. The van der Waals surface area contributed by atoms with Crippen LogP contribution in [0.2, 0.25) is 0 Å². The lowest BCUT2D eigenvalue weighted by Gasteiger charge is -1.97. The Morgan fingerprint density at radius 2 is 2.36 bits per heavy atom. The van der Waals surface area contributed by atoms with Gasteiger partial charge in [0.05, 0.1) is 0 Å². The van der Waals surface area contributed by atoms with Crippen molar-refractivity contribution in [3.63, 3.8) is 0 Å². The second kappa shape index (κ2) is 3.01. The van der Waals surface area contributed by atoms with Crippen LogP contribution < -0.4 is 5.73 Å². The minimum Gasteiger partial charge on any atom is -0.409 e. The molecule has 4 heteroatoms. The number of rotatable bonds is 1. The van der Waals surface area contributed by atoms with Crippen LogP contribution in [0.3, 0.4) is 0 Å². The molecule has 0 fully saturated rings. The van der Waals surface area contributed by atoms with Crippen molar-refractivity contribution in [1.29, 1.82) is 0 Å². The molecule has 0 saturated heterocycles. The van der Waals surface area contributed by atoms with E-state index < -0.39 is 0 Å². The van der Waals surface area contributed by atoms with Crippen molar-refractivity contribution < 1.29 is 5.21 Å². The van der Waals surface area contributed by atoms with Gasteiger partial charge in [-0.25, -0.2) is 0 Å². The van der Waals surface area contributed by atoms with Gasteiger partial charge in [-0.05, 0) is 18.6 Å². The molecule has 0 aliphatic rings. The molecule has 0 amide bonds. The fourth-order valence-corrected chi connectivity index (χ4v) is 0.753. The van der Waals surface area contributed by atoms with Gasteiger partial charge in [0, 0.05) is 18.0 Å². The van der Waals surface area contributed by atoms with Crippen LogP contribution in [0.15, 0.2) is 23.6 Å². The largest absolute Gasteiger partial charge is 0.409 e. The van der Waals surface area contributed by atoms with Gasteiger partial charge in [-0.2, -0.15) is 0 Å². The van der Waals surface area contributed by atoms with Crippen LogP contribution >= 0.6 is 0 Å². The fraction of sp³-hybridized carbons (Fsp3) is 0.143. The third-order valence-electron chi connectivity index (χ3n) is 1.28. The zero-order valence-electron chi connectivity index (χ0n) is 6.15. The highest BCUT2D eigenvalue weighted by Crippen LogP contribution is 1.99. The number of oxime groups is 1. The summed E-state index contributed by atoms with van der Waals surface area (Å²) in [5.41, 5.74) is 6.94. The van der Waals surface area contributed by atoms with E-state index in [2.05, 4.69) is 10.1 Å². The van der Waals surface area contributed by atoms with Crippen molar-refractivity contribution in [2.45, 2.75) is 6.92 Å². The van der Waals surface area contributed by atoms with Crippen LogP contribution in [0.1, 0.15) is 11.1 Å². The van der Waals surface area contributed by atoms with Gasteiger partial charge in [-0.15, -0.1) is 0 Å². The van der Waals surface area contributed by atoms with Gasteiger partial charge in [0.1, 0.15) is 0 Å². The first kappa shape index (κ1) is 7.53. The topological polar surface area (TPSA) is 71.5 Å². The van der Waals surface area contributed by atoms with Gasteiger partial charge in [-0.3, -0.25) is 4.98 Å². The van der Waals surface area contributed by atoms with E-state index >= 15 is 0 Å². The summed E-state index contributed by atoms with van der Waals surface area (Å²) in [7, 11) is 0. The van der Waals surface area contributed by atoms with E-state index in [-0.39, 0.29) is 5.84 Å². The summed E-state index contributed by atoms with van der Waals surface area (Å²) in [4.78, 5) is 3.88. The standard InChI is InChI=1S/C7H9N3O/c1-5-2-6(4-9-3-5)7(8)10-11/h2-4,11H,1H3,(H2,8,10). The first-order valence-corrected chi connectivity index (χ1v) is 3.13. The number of nitrogens with two attached hydrogens (primary N) is 1. The van der Waals surface area contributed by atoms with Gasteiger partial charge in [0.15, 0.2) is 5.84 Å². The fourth-order valence-electron chi connectivity index (χ4n) is 0.753. The summed E-state index contributed by atoms with van der Waals surface area (Å²) < 4.78 is 0. The Labute approximate surface area is 64.4 Å². The van der Waals surface area contributed by atoms with E-state index in [4.69, 9.17) is 10.9 Å². The van der Waals surface area contributed by atoms with Crippen molar-refractivity contribution >= 4 is 5.84 Å². The average Bonchev–Trinajstić information content (AvgIpc) is 2.03. The van der Waals surface area contributed by atoms with Crippen LogP contribution in [-0.4, -0.2) is 16.0 Å². The summed E-state index contributed by atoms with van der Waals surface area (Å²) in [5.74, 6) is 0.0844. The van der Waals surface area contributed by atoms with Crippen molar-refractivity contribution in [2.24, 2.45) is 10.9 Å². The smallest absolute Gasteiger partial charge is 0.171 e. The molecule has 0 aromatic carbocycles. The van der Waals surface area contributed by atoms with E-state index in [0.717, 1.165) is 5.56 Å². The summed E-state index contributed by atoms with van der Waals surface area (Å²) in [6.07, 6.45) is 3.25. The molecule has 0 radical (unpaired) electrons. The first-order chi connectivity index (χ1) is 5.24. The van der Waals surface area contributed by atoms with Gasteiger partial charge in [0.2, 0.25) is 0 Å². The van der Waals surface area contributed by atoms with Crippen molar-refractivity contribution in [3.8, 4) is 0 Å². The Hall–Kier alpha value is -1.58. The molecule has 0 atom stereocenters. The Balaban J connectivity index is 3.06. The third-order valence-corrected chi connectivity index (χ3v) is 1.28. The number of aryl methyl sites for hydroxylation is 1. The maximum absolute atomic E-state index is 8.31. The number of amidine groups is 1. The minimum absolute atomic E-state index is 0.0844. The van der Waals surface area contributed by atoms with E-state index in [1.165, 1.54) is 0 Å². The lowest BCUT2D eigenvalue weighted by Crippen LogP contribution is -2.13. The highest BCUT2D eigenvalue weighted by Gasteiger charge is 1.97. The predicted octanol–water partition coefficient (Wildman–Crippen LogP) is 0.485. The zero-order valence-corrected chi connectivity index (χ0v) is 6.15. The molecule has 4 nitrogen and oxygen atoms in total. The quantitative estimate of drug-likeness (QED) is 0.265. The van der Waals surface area contributed by atoms with Crippen molar-refractivity contribution in [3.05, 3.63) is 29.6 Å². The highest BCUT2D eigenvalue weighted by molar-refractivity contribution is 5.96. The summed E-state index contributed by atoms with van der Waals surface area (Å²) in [5, 5.41) is 11.2. The molecule has 0 aliphatic heterocycles. The second-order valence-electron chi connectivity index (χ2n) is 2.24. The lowest BCUT2D eigenvalue weighted by molar-refractivity contribution is 0.318. The molecule has 0 aliphatic carbocycles. The molecule has 0 saturated carbocycles. The Bertz CT molecular complexity index is 283. The van der Waals surface area contributed by atoms with E-state index in [9.17, 15) is 0 Å². The Kier molecular flexibility index (Phi) is 2.06.